The van der Waals surface area contributed by atoms with Gasteiger partial charge >= 0.3 is 16.8 Å². The molecule has 0 aliphatic carbocycles. The van der Waals surface area contributed by atoms with Crippen LogP contribution in [0.4, 0.5) is 0 Å². The monoisotopic (exact) mass is 103 g/mol. The smallest absolute Gasteiger partial charge is 0.358 e. The van der Waals surface area contributed by atoms with E-state index in [2.05, 4.69) is 6.92 Å². The van der Waals surface area contributed by atoms with Crippen LogP contribution < -0.4 is 0 Å². The molecule has 0 amide bonds. The largest absolute Gasteiger partial charge is 3.00 e. The van der Waals surface area contributed by atoms with Crippen LogP contribution in [0.15, 0.2) is 0 Å². The van der Waals surface area contributed by atoms with Gasteiger partial charge in [0.15, 0.2) is 0 Å². The van der Waals surface area contributed by atoms with Gasteiger partial charge in [0.25, 0.3) is 0 Å². The fourth-order valence-corrected chi connectivity index (χ4v) is 0. The van der Waals surface area contributed by atoms with Gasteiger partial charge in [-0.3, -0.25) is 0 Å². The van der Waals surface area contributed by atoms with Crippen molar-refractivity contribution < 1.29 is 16.8 Å². The molecule has 0 fully saturated rings. The SMILES string of the molecule is [CH2-]C.[CH3-].[Co+3]. The molecular weight excluding hydrogens is 95.0 g/mol. The summed E-state index contributed by atoms with van der Waals surface area (Å²) in [6.45, 7) is 5.00. The normalized spacial score (nSPS) is 1.50. The second kappa shape index (κ2) is 85.9. The van der Waals surface area contributed by atoms with Gasteiger partial charge in [-0.15, -0.1) is 0 Å². The maximum atomic E-state index is 3.25. The van der Waals surface area contributed by atoms with Gasteiger partial charge in [0.2, 0.25) is 0 Å². The standard InChI is InChI=1S/C2H5.CH3.Co/c1-2;;/h1H2,2H3;1H3;/q2*-1;+3. The van der Waals surface area contributed by atoms with Gasteiger partial charge in [-0.25, -0.2) is 0 Å². The van der Waals surface area contributed by atoms with Gasteiger partial charge in [0.05, 0.1) is 0 Å². The Labute approximate surface area is 38.8 Å². The first kappa shape index (κ1) is 24.4. The predicted molar refractivity (Wildman–Crippen MR) is 17.4 cm³/mol. The molecule has 0 saturated carbocycles. The van der Waals surface area contributed by atoms with Gasteiger partial charge in [0.1, 0.15) is 0 Å². The van der Waals surface area contributed by atoms with Crippen LogP contribution in [0.25, 0.3) is 0 Å². The van der Waals surface area contributed by atoms with Crippen LogP contribution in [0, 0.1) is 14.4 Å². The van der Waals surface area contributed by atoms with E-state index in [0.717, 1.165) is 0 Å². The van der Waals surface area contributed by atoms with Crippen molar-refractivity contribution in [2.24, 2.45) is 0 Å². The zero-order chi connectivity index (χ0) is 2.00. The summed E-state index contributed by atoms with van der Waals surface area (Å²) < 4.78 is 0. The molecule has 0 spiro atoms. The molecule has 4 heavy (non-hydrogen) atoms. The Balaban J connectivity index is -0.00000000500. The van der Waals surface area contributed by atoms with Crippen LogP contribution in [0.3, 0.4) is 0 Å². The van der Waals surface area contributed by atoms with Gasteiger partial charge in [-0.2, -0.15) is 6.92 Å². The first-order valence-corrected chi connectivity index (χ1v) is 0.707. The molecule has 0 aromatic heterocycles. The summed E-state index contributed by atoms with van der Waals surface area (Å²) in [4.78, 5) is 0. The van der Waals surface area contributed by atoms with Gasteiger partial charge < -0.3 is 14.4 Å². The molecule has 0 rings (SSSR count). The fraction of sp³-hybridized carbons (Fsp3) is 0.333. The van der Waals surface area contributed by atoms with Crippen LogP contribution in [-0.2, 0) is 16.8 Å². The summed E-state index contributed by atoms with van der Waals surface area (Å²) >= 11 is 0. The molecule has 28 valence electrons. The van der Waals surface area contributed by atoms with E-state index in [-0.39, 0.29) is 24.2 Å². The van der Waals surface area contributed by atoms with Crippen molar-refractivity contribution in [2.75, 3.05) is 0 Å². The number of hydrogen-bond acceptors (Lipinski definition) is 0. The van der Waals surface area contributed by atoms with Crippen molar-refractivity contribution >= 4 is 0 Å². The van der Waals surface area contributed by atoms with Crippen LogP contribution in [0.1, 0.15) is 6.92 Å². The number of rotatable bonds is 0. The van der Waals surface area contributed by atoms with E-state index in [1.807, 2.05) is 0 Å². The Hall–Kier alpha value is 0.506. The van der Waals surface area contributed by atoms with Crippen LogP contribution in [0.2, 0.25) is 0 Å². The molecular formula is C3H8Co+. The average molecular weight is 103 g/mol. The third kappa shape index (κ3) is 22.2. The third-order valence-electron chi connectivity index (χ3n) is 0. The Morgan fingerprint density at radius 1 is 1.25 bits per heavy atom. The summed E-state index contributed by atoms with van der Waals surface area (Å²) in [5.74, 6) is 0. The summed E-state index contributed by atoms with van der Waals surface area (Å²) in [6, 6.07) is 0. The first-order valence-electron chi connectivity index (χ1n) is 0.707. The molecule has 0 bridgehead atoms. The quantitative estimate of drug-likeness (QED) is 0.405. The van der Waals surface area contributed by atoms with Crippen molar-refractivity contribution in [1.29, 1.82) is 0 Å². The summed E-state index contributed by atoms with van der Waals surface area (Å²) in [5, 5.41) is 0. The van der Waals surface area contributed by atoms with E-state index in [1.54, 1.807) is 6.92 Å². The zero-order valence-corrected chi connectivity index (χ0v) is 4.08. The minimum atomic E-state index is 0. The molecule has 0 aliphatic rings. The molecule has 1 heteroatoms. The van der Waals surface area contributed by atoms with E-state index >= 15 is 0 Å². The van der Waals surface area contributed by atoms with Crippen LogP contribution >= 0.6 is 0 Å². The fourth-order valence-electron chi connectivity index (χ4n) is 0. The van der Waals surface area contributed by atoms with Crippen molar-refractivity contribution in [1.82, 2.24) is 0 Å². The predicted octanol–water partition coefficient (Wildman–Crippen LogP) is 1.29. The average Bonchev–Trinajstić information content (AvgIpc) is 1.00. The minimum Gasteiger partial charge on any atom is -0.358 e. The van der Waals surface area contributed by atoms with Gasteiger partial charge in [-0.05, 0) is 0 Å². The topological polar surface area (TPSA) is 0 Å². The van der Waals surface area contributed by atoms with E-state index in [1.165, 1.54) is 0 Å². The molecule has 0 N–H and O–H groups in total. The molecule has 0 radical (unpaired) electrons. The molecule has 0 atom stereocenters. The second-order valence-corrected chi connectivity index (χ2v) is 0. The minimum absolute atomic E-state index is 0. The maximum absolute atomic E-state index is 3.25. The molecule has 0 aromatic carbocycles. The Morgan fingerprint density at radius 2 is 1.25 bits per heavy atom. The second-order valence-electron chi connectivity index (χ2n) is 0. The number of hydrogen-bond donors (Lipinski definition) is 0. The van der Waals surface area contributed by atoms with E-state index in [4.69, 9.17) is 0 Å². The summed E-state index contributed by atoms with van der Waals surface area (Å²) in [7, 11) is 0. The van der Waals surface area contributed by atoms with E-state index in [9.17, 15) is 0 Å². The Bertz CT molecular complexity index is 3.25. The van der Waals surface area contributed by atoms with Crippen LogP contribution in [-0.4, -0.2) is 0 Å². The van der Waals surface area contributed by atoms with Gasteiger partial charge in [-0.1, -0.05) is 0 Å². The van der Waals surface area contributed by atoms with Gasteiger partial charge in [0, 0.05) is 0 Å². The summed E-state index contributed by atoms with van der Waals surface area (Å²) in [5.41, 5.74) is 0. The van der Waals surface area contributed by atoms with Crippen molar-refractivity contribution in [2.45, 2.75) is 6.92 Å². The molecule has 0 aromatic rings. The first-order chi connectivity index (χ1) is 1.00. The maximum Gasteiger partial charge on any atom is 3.00 e. The molecule has 0 nitrogen and oxygen atoms in total. The van der Waals surface area contributed by atoms with Crippen LogP contribution in [0.5, 0.6) is 0 Å². The molecule has 0 unspecified atom stereocenters. The van der Waals surface area contributed by atoms with Crippen molar-refractivity contribution in [3.63, 3.8) is 0 Å². The molecule has 0 aliphatic heterocycles. The summed E-state index contributed by atoms with van der Waals surface area (Å²) in [6.07, 6.45) is 0. The third-order valence-corrected chi connectivity index (χ3v) is 0. The Morgan fingerprint density at radius 3 is 1.25 bits per heavy atom. The molecule has 0 heterocycles. The van der Waals surface area contributed by atoms with Crippen molar-refractivity contribution in [3.8, 4) is 0 Å². The zero-order valence-electron chi connectivity index (χ0n) is 3.04. The van der Waals surface area contributed by atoms with E-state index in [0.29, 0.717) is 0 Å². The molecule has 0 saturated heterocycles. The Kier molecular flexibility index (Phi) is 524. The van der Waals surface area contributed by atoms with Crippen molar-refractivity contribution in [3.05, 3.63) is 14.4 Å². The van der Waals surface area contributed by atoms with E-state index < -0.39 is 0 Å².